The molecule has 0 fully saturated rings. The maximum Gasteiger partial charge on any atom is 0.161 e. The highest BCUT2D eigenvalue weighted by atomic mass is 35.5. The number of methoxy groups -OCH3 is 1. The quantitative estimate of drug-likeness (QED) is 0.458. The van der Waals surface area contributed by atoms with Crippen molar-refractivity contribution in [3.63, 3.8) is 0 Å². The number of nitrogens with zero attached hydrogens (tertiary/aromatic N) is 1. The molecule has 2 rings (SSSR count). The van der Waals surface area contributed by atoms with Crippen LogP contribution in [0.15, 0.2) is 48.5 Å². The average molecular weight is 437 g/mol. The molecule has 0 radical (unpaired) electrons. The Kier molecular flexibility index (Phi) is 12.5. The standard InChI is InChI=1S/C24H36N2O3.ClH/c1-5-6-14-29-23-15-19(12-13-22(23)28-4)16-25-17-21(18-26(2)3)24(27)20-10-8-7-9-11-20;/h7-13,15,21,24-25,27H,5-6,14,16-18H2,1-4H3;1H. The fourth-order valence-corrected chi connectivity index (χ4v) is 3.34. The highest BCUT2D eigenvalue weighted by molar-refractivity contribution is 5.85. The summed E-state index contributed by atoms with van der Waals surface area (Å²) in [6.07, 6.45) is 1.62. The highest BCUT2D eigenvalue weighted by Gasteiger charge is 2.21. The van der Waals surface area contributed by atoms with E-state index in [1.54, 1.807) is 7.11 Å². The monoisotopic (exact) mass is 436 g/mol. The molecule has 0 heterocycles. The molecule has 0 aliphatic heterocycles. The van der Waals surface area contributed by atoms with Crippen LogP contribution in [-0.2, 0) is 6.54 Å². The smallest absolute Gasteiger partial charge is 0.161 e. The molecule has 5 nitrogen and oxygen atoms in total. The number of aliphatic hydroxyl groups excluding tert-OH is 1. The van der Waals surface area contributed by atoms with Crippen LogP contribution in [0.5, 0.6) is 11.5 Å². The van der Waals surface area contributed by atoms with Crippen LogP contribution in [-0.4, -0.2) is 50.9 Å². The number of halogens is 1. The van der Waals surface area contributed by atoms with Crippen molar-refractivity contribution in [1.82, 2.24) is 10.2 Å². The second-order valence-corrected chi connectivity index (χ2v) is 7.70. The Balaban J connectivity index is 0.00000450. The van der Waals surface area contributed by atoms with E-state index < -0.39 is 6.10 Å². The third kappa shape index (κ3) is 8.52. The lowest BCUT2D eigenvalue weighted by atomic mass is 9.95. The van der Waals surface area contributed by atoms with Crippen LogP contribution in [0, 0.1) is 5.92 Å². The zero-order chi connectivity index (χ0) is 21.1. The number of benzene rings is 2. The van der Waals surface area contributed by atoms with Gasteiger partial charge in [-0.2, -0.15) is 0 Å². The summed E-state index contributed by atoms with van der Waals surface area (Å²) in [4.78, 5) is 2.12. The van der Waals surface area contributed by atoms with Gasteiger partial charge < -0.3 is 24.8 Å². The van der Waals surface area contributed by atoms with Gasteiger partial charge in [-0.15, -0.1) is 12.4 Å². The number of hydrogen-bond donors (Lipinski definition) is 2. The molecule has 0 saturated carbocycles. The van der Waals surface area contributed by atoms with Crippen LogP contribution >= 0.6 is 12.4 Å². The predicted octanol–water partition coefficient (Wildman–Crippen LogP) is 4.30. The molecule has 6 heteroatoms. The van der Waals surface area contributed by atoms with Gasteiger partial charge in [0.05, 0.1) is 19.8 Å². The van der Waals surface area contributed by atoms with Gasteiger partial charge in [0.25, 0.3) is 0 Å². The SMILES string of the molecule is CCCCOc1cc(CNCC(CN(C)C)C(O)c2ccccc2)ccc1OC.Cl. The zero-order valence-corrected chi connectivity index (χ0v) is 19.5. The Morgan fingerprint density at radius 1 is 1.07 bits per heavy atom. The van der Waals surface area contributed by atoms with E-state index in [0.29, 0.717) is 19.7 Å². The first-order valence-electron chi connectivity index (χ1n) is 10.4. The third-order valence-corrected chi connectivity index (χ3v) is 4.91. The topological polar surface area (TPSA) is 54.0 Å². The van der Waals surface area contributed by atoms with Crippen molar-refractivity contribution < 1.29 is 14.6 Å². The first kappa shape index (κ1) is 26.2. The van der Waals surface area contributed by atoms with Crippen molar-refractivity contribution >= 4 is 12.4 Å². The summed E-state index contributed by atoms with van der Waals surface area (Å²) in [6.45, 7) is 5.07. The van der Waals surface area contributed by atoms with Gasteiger partial charge in [-0.25, -0.2) is 0 Å². The third-order valence-electron chi connectivity index (χ3n) is 4.91. The Bertz CT molecular complexity index is 713. The van der Waals surface area contributed by atoms with Crippen molar-refractivity contribution in [3.8, 4) is 11.5 Å². The Labute approximate surface area is 187 Å². The lowest BCUT2D eigenvalue weighted by Crippen LogP contribution is -2.34. The fraction of sp³-hybridized carbons (Fsp3) is 0.500. The first-order valence-corrected chi connectivity index (χ1v) is 10.4. The Hall–Kier alpha value is -1.79. The maximum absolute atomic E-state index is 10.9. The van der Waals surface area contributed by atoms with Crippen molar-refractivity contribution in [2.45, 2.75) is 32.4 Å². The second-order valence-electron chi connectivity index (χ2n) is 7.70. The van der Waals surface area contributed by atoms with Crippen LogP contribution in [0.1, 0.15) is 37.0 Å². The van der Waals surface area contributed by atoms with Gasteiger partial charge in [-0.3, -0.25) is 0 Å². The summed E-state index contributed by atoms with van der Waals surface area (Å²) in [6, 6.07) is 15.9. The molecule has 0 aromatic heterocycles. The van der Waals surface area contributed by atoms with Crippen LogP contribution < -0.4 is 14.8 Å². The lowest BCUT2D eigenvalue weighted by molar-refractivity contribution is 0.0894. The second kappa shape index (κ2) is 14.3. The number of rotatable bonds is 13. The maximum atomic E-state index is 10.9. The average Bonchev–Trinajstić information content (AvgIpc) is 2.73. The lowest BCUT2D eigenvalue weighted by Gasteiger charge is -2.26. The van der Waals surface area contributed by atoms with E-state index in [0.717, 1.165) is 42.0 Å². The van der Waals surface area contributed by atoms with Crippen LogP contribution in [0.3, 0.4) is 0 Å². The molecule has 168 valence electrons. The molecule has 30 heavy (non-hydrogen) atoms. The van der Waals surface area contributed by atoms with Crippen molar-refractivity contribution in [1.29, 1.82) is 0 Å². The van der Waals surface area contributed by atoms with E-state index in [1.807, 2.05) is 62.6 Å². The number of hydrogen-bond acceptors (Lipinski definition) is 5. The van der Waals surface area contributed by atoms with Crippen molar-refractivity contribution in [2.75, 3.05) is 40.9 Å². The minimum Gasteiger partial charge on any atom is -0.493 e. The fourth-order valence-electron chi connectivity index (χ4n) is 3.34. The summed E-state index contributed by atoms with van der Waals surface area (Å²) in [7, 11) is 5.74. The summed E-state index contributed by atoms with van der Waals surface area (Å²) in [5, 5.41) is 14.4. The first-order chi connectivity index (χ1) is 14.0. The summed E-state index contributed by atoms with van der Waals surface area (Å²) >= 11 is 0. The van der Waals surface area contributed by atoms with E-state index in [-0.39, 0.29) is 18.3 Å². The molecule has 0 saturated heterocycles. The molecule has 0 aliphatic rings. The van der Waals surface area contributed by atoms with E-state index in [9.17, 15) is 5.11 Å². The van der Waals surface area contributed by atoms with E-state index >= 15 is 0 Å². The van der Waals surface area contributed by atoms with Crippen LogP contribution in [0.4, 0.5) is 0 Å². The molecule has 2 unspecified atom stereocenters. The molecule has 2 aromatic carbocycles. The van der Waals surface area contributed by atoms with Gasteiger partial charge in [0.2, 0.25) is 0 Å². The van der Waals surface area contributed by atoms with Crippen molar-refractivity contribution in [3.05, 3.63) is 59.7 Å². The van der Waals surface area contributed by atoms with Gasteiger partial charge in [-0.05, 0) is 43.8 Å². The van der Waals surface area contributed by atoms with Gasteiger partial charge in [-0.1, -0.05) is 49.7 Å². The van der Waals surface area contributed by atoms with E-state index in [2.05, 4.69) is 17.1 Å². The van der Waals surface area contributed by atoms with Crippen LogP contribution in [0.25, 0.3) is 0 Å². The zero-order valence-electron chi connectivity index (χ0n) is 18.6. The minimum atomic E-state index is -0.505. The van der Waals surface area contributed by atoms with Gasteiger partial charge in [0.1, 0.15) is 0 Å². The highest BCUT2D eigenvalue weighted by Crippen LogP contribution is 2.28. The number of unbranched alkanes of at least 4 members (excludes halogenated alkanes) is 1. The van der Waals surface area contributed by atoms with E-state index in [4.69, 9.17) is 9.47 Å². The van der Waals surface area contributed by atoms with E-state index in [1.165, 1.54) is 0 Å². The molecule has 2 atom stereocenters. The molecule has 0 aliphatic carbocycles. The normalized spacial score (nSPS) is 12.9. The number of ether oxygens (including phenoxy) is 2. The largest absolute Gasteiger partial charge is 0.493 e. The van der Waals surface area contributed by atoms with Gasteiger partial charge in [0, 0.05) is 25.6 Å². The van der Waals surface area contributed by atoms with Gasteiger partial charge in [0.15, 0.2) is 11.5 Å². The van der Waals surface area contributed by atoms with Crippen molar-refractivity contribution in [2.24, 2.45) is 5.92 Å². The molecule has 2 aromatic rings. The Morgan fingerprint density at radius 2 is 1.80 bits per heavy atom. The Morgan fingerprint density at radius 3 is 2.43 bits per heavy atom. The molecule has 2 N–H and O–H groups in total. The minimum absolute atomic E-state index is 0. The molecular formula is C24H37ClN2O3. The summed E-state index contributed by atoms with van der Waals surface area (Å²) < 4.78 is 11.3. The number of nitrogens with one attached hydrogen (secondary N) is 1. The number of aliphatic hydroxyl groups is 1. The molecule has 0 bridgehead atoms. The summed E-state index contributed by atoms with van der Waals surface area (Å²) in [5.41, 5.74) is 2.09. The summed E-state index contributed by atoms with van der Waals surface area (Å²) in [5.74, 6) is 1.63. The van der Waals surface area contributed by atoms with Gasteiger partial charge >= 0.3 is 0 Å². The molecule has 0 spiro atoms. The van der Waals surface area contributed by atoms with Crippen LogP contribution in [0.2, 0.25) is 0 Å². The predicted molar refractivity (Wildman–Crippen MR) is 126 cm³/mol. The molecular weight excluding hydrogens is 400 g/mol. The molecule has 0 amide bonds.